The minimum atomic E-state index is -0.558. The Hall–Kier alpha value is -4.97. The molecule has 2 heterocycles. The summed E-state index contributed by atoms with van der Waals surface area (Å²) >= 11 is 0. The maximum Gasteiger partial charge on any atom is 0.408 e. The van der Waals surface area contributed by atoms with Crippen LogP contribution in [0.4, 0.5) is 16.7 Å². The summed E-state index contributed by atoms with van der Waals surface area (Å²) in [5.41, 5.74) is 10.9. The molecule has 0 aliphatic heterocycles. The normalized spacial score (nSPS) is 16.0. The Morgan fingerprint density at radius 3 is 1.58 bits per heavy atom. The number of aromatic nitrogens is 4. The average Bonchev–Trinajstić information content (AvgIpc) is 4.08. The van der Waals surface area contributed by atoms with Crippen LogP contribution in [-0.4, -0.2) is 68.0 Å². The van der Waals surface area contributed by atoms with Crippen LogP contribution in [0, 0.1) is 25.7 Å². The summed E-state index contributed by atoms with van der Waals surface area (Å²) < 4.78 is 17.7. The highest BCUT2D eigenvalue weighted by Crippen LogP contribution is 2.30. The first-order chi connectivity index (χ1) is 27.7. The van der Waals surface area contributed by atoms with Crippen molar-refractivity contribution in [3.05, 3.63) is 72.1 Å². The molecule has 5 N–H and O–H groups in total. The monoisotopic (exact) mass is 809 g/mol. The zero-order valence-electron chi connectivity index (χ0n) is 37.2. The van der Waals surface area contributed by atoms with Gasteiger partial charge in [0.25, 0.3) is 0 Å². The fourth-order valence-electron chi connectivity index (χ4n) is 7.01. The number of hydrogen-bond donors (Lipinski definition) is 4. The Balaban J connectivity index is 0.000000230. The fourth-order valence-corrected chi connectivity index (χ4v) is 7.01. The van der Waals surface area contributed by atoms with Crippen LogP contribution in [0.5, 0.6) is 11.5 Å². The molecule has 59 heavy (non-hydrogen) atoms. The zero-order valence-corrected chi connectivity index (χ0v) is 37.2. The van der Waals surface area contributed by atoms with Gasteiger partial charge in [0.15, 0.2) is 0 Å². The third-order valence-corrected chi connectivity index (χ3v) is 9.71. The van der Waals surface area contributed by atoms with Crippen LogP contribution in [0.1, 0.15) is 112 Å². The zero-order chi connectivity index (χ0) is 43.0. The van der Waals surface area contributed by atoms with E-state index >= 15 is 0 Å². The maximum absolute atomic E-state index is 12.4. The van der Waals surface area contributed by atoms with E-state index in [9.17, 15) is 4.79 Å². The predicted octanol–water partition coefficient (Wildman–Crippen LogP) is 9.90. The summed E-state index contributed by atoms with van der Waals surface area (Å²) in [6, 6.07) is 17.1. The lowest BCUT2D eigenvalue weighted by Gasteiger charge is -2.33. The van der Waals surface area contributed by atoms with Crippen LogP contribution >= 0.6 is 0 Å². The second kappa shape index (κ2) is 19.4. The molecule has 12 heteroatoms. The second-order valence-electron chi connectivity index (χ2n) is 18.9. The molecule has 2 atom stereocenters. The van der Waals surface area contributed by atoms with E-state index in [0.29, 0.717) is 49.0 Å². The molecule has 2 aliphatic rings. The number of anilines is 2. The van der Waals surface area contributed by atoms with Gasteiger partial charge in [0.05, 0.1) is 16.9 Å². The number of aryl methyl sites for hydroxylation is 2. The SMILES string of the molecule is Cc1cc(-c2ccnc(NC3CC3)n2)ccc1OC[C@@](C)(N)CC(C)C.Cc1cc(-c2ccnc(NC3CC3)n2)ccc1OC[C@](C)(CC(C)C)NC(=O)OC(C)(C)C. The Morgan fingerprint density at radius 2 is 1.17 bits per heavy atom. The predicted molar refractivity (Wildman–Crippen MR) is 238 cm³/mol. The van der Waals surface area contributed by atoms with E-state index in [-0.39, 0.29) is 5.54 Å². The number of carbonyl (C=O) groups excluding carboxylic acids is 1. The molecule has 0 bridgehead atoms. The molecule has 0 saturated heterocycles. The first-order valence-corrected chi connectivity index (χ1v) is 21.2. The minimum absolute atomic E-state index is 0.324. The molecule has 2 fully saturated rings. The molecule has 4 aromatic rings. The minimum Gasteiger partial charge on any atom is -0.491 e. The molecule has 2 saturated carbocycles. The molecule has 2 aromatic carbocycles. The Kier molecular flexibility index (Phi) is 14.8. The largest absolute Gasteiger partial charge is 0.491 e. The number of nitrogens with two attached hydrogens (primary N) is 1. The van der Waals surface area contributed by atoms with Crippen molar-refractivity contribution in [3.63, 3.8) is 0 Å². The summed E-state index contributed by atoms with van der Waals surface area (Å²) in [5.74, 6) is 3.97. The molecule has 0 radical (unpaired) electrons. The van der Waals surface area contributed by atoms with E-state index in [2.05, 4.69) is 82.6 Å². The third kappa shape index (κ3) is 15.3. The van der Waals surface area contributed by atoms with E-state index < -0.39 is 17.2 Å². The van der Waals surface area contributed by atoms with Crippen LogP contribution in [0.3, 0.4) is 0 Å². The highest BCUT2D eigenvalue weighted by molar-refractivity contribution is 5.69. The third-order valence-electron chi connectivity index (χ3n) is 9.71. The number of alkyl carbamates (subject to hydrolysis) is 1. The van der Waals surface area contributed by atoms with Crippen LogP contribution in [0.2, 0.25) is 0 Å². The number of rotatable bonds is 17. The number of ether oxygens (including phenoxy) is 3. The topological polar surface area (TPSA) is 158 Å². The number of benzene rings is 2. The van der Waals surface area contributed by atoms with Gasteiger partial charge in [-0.3, -0.25) is 0 Å². The van der Waals surface area contributed by atoms with E-state index in [4.69, 9.17) is 19.9 Å². The van der Waals surface area contributed by atoms with E-state index in [0.717, 1.165) is 58.0 Å². The van der Waals surface area contributed by atoms with Crippen molar-refractivity contribution in [2.45, 2.75) is 143 Å². The highest BCUT2D eigenvalue weighted by atomic mass is 16.6. The summed E-state index contributed by atoms with van der Waals surface area (Å²) in [6.07, 6.45) is 9.62. The molecule has 2 aromatic heterocycles. The van der Waals surface area contributed by atoms with E-state index in [1.807, 2.05) is 77.9 Å². The van der Waals surface area contributed by atoms with Gasteiger partial charge >= 0.3 is 6.09 Å². The summed E-state index contributed by atoms with van der Waals surface area (Å²) in [5, 5.41) is 9.71. The lowest BCUT2D eigenvalue weighted by atomic mass is 9.91. The smallest absolute Gasteiger partial charge is 0.408 e. The first kappa shape index (κ1) is 45.1. The number of hydrogen-bond acceptors (Lipinski definition) is 11. The van der Waals surface area contributed by atoms with Crippen LogP contribution in [0.15, 0.2) is 60.9 Å². The van der Waals surface area contributed by atoms with Gasteiger partial charge in [0.2, 0.25) is 11.9 Å². The van der Waals surface area contributed by atoms with Crippen molar-refractivity contribution in [1.82, 2.24) is 25.3 Å². The molecule has 0 unspecified atom stereocenters. The van der Waals surface area contributed by atoms with Gasteiger partial charge < -0.3 is 35.9 Å². The summed E-state index contributed by atoms with van der Waals surface area (Å²) in [7, 11) is 0. The number of carbonyl (C=O) groups is 1. The standard InChI is InChI=1S/C26H38N4O3.C21H30N4O/c1-17(2)15-26(7,30-24(31)33-25(4,5)6)16-32-22-11-8-19(14-18(22)3)21-12-13-27-23(29-21)28-20-9-10-20;1-14(2)12-21(4,22)13-26-19-8-5-16(11-15(19)3)18-9-10-23-20(25-18)24-17-6-7-17/h8,11-14,17,20H,9-10,15-16H2,1-7H3,(H,30,31)(H,27,28,29);5,8-11,14,17H,6-7,12-13,22H2,1-4H3,(H,23,24,25)/t26-;21-/m00/s1. The highest BCUT2D eigenvalue weighted by Gasteiger charge is 2.31. The van der Waals surface area contributed by atoms with Crippen molar-refractivity contribution in [2.75, 3.05) is 23.8 Å². The Labute approximate surface area is 352 Å². The van der Waals surface area contributed by atoms with Crippen LogP contribution < -0.4 is 31.2 Å². The first-order valence-electron chi connectivity index (χ1n) is 21.2. The van der Waals surface area contributed by atoms with Crippen LogP contribution in [-0.2, 0) is 4.74 Å². The van der Waals surface area contributed by atoms with Crippen molar-refractivity contribution in [3.8, 4) is 34.0 Å². The molecule has 0 spiro atoms. The van der Waals surface area contributed by atoms with Gasteiger partial charge in [0.1, 0.15) is 30.3 Å². The number of amides is 1. The van der Waals surface area contributed by atoms with Gasteiger partial charge in [-0.25, -0.2) is 24.7 Å². The van der Waals surface area contributed by atoms with Gasteiger partial charge in [0, 0.05) is 41.1 Å². The van der Waals surface area contributed by atoms with Crippen LogP contribution in [0.25, 0.3) is 22.5 Å². The van der Waals surface area contributed by atoms with Crippen molar-refractivity contribution in [2.24, 2.45) is 17.6 Å². The van der Waals surface area contributed by atoms with Gasteiger partial charge in [-0.15, -0.1) is 0 Å². The molecule has 320 valence electrons. The van der Waals surface area contributed by atoms with Gasteiger partial charge in [-0.2, -0.15) is 0 Å². The maximum atomic E-state index is 12.4. The van der Waals surface area contributed by atoms with E-state index in [1.54, 1.807) is 12.4 Å². The summed E-state index contributed by atoms with van der Waals surface area (Å²) in [4.78, 5) is 30.3. The van der Waals surface area contributed by atoms with Crippen molar-refractivity contribution < 1.29 is 19.0 Å². The van der Waals surface area contributed by atoms with Gasteiger partial charge in [-0.05, 0) is 158 Å². The quantitative estimate of drug-likeness (QED) is 0.0805. The molecule has 6 rings (SSSR count). The molecule has 2 aliphatic carbocycles. The summed E-state index contributed by atoms with van der Waals surface area (Å²) in [6.45, 7) is 23.2. The molecule has 12 nitrogen and oxygen atoms in total. The molecular weight excluding hydrogens is 741 g/mol. The molecular formula is C47H68N8O4. The fraction of sp³-hybridized carbons (Fsp3) is 0.553. The number of nitrogens with zero attached hydrogens (tertiary/aromatic N) is 4. The van der Waals surface area contributed by atoms with E-state index in [1.165, 1.54) is 25.7 Å². The lowest BCUT2D eigenvalue weighted by molar-refractivity contribution is 0.0407. The van der Waals surface area contributed by atoms with Crippen molar-refractivity contribution in [1.29, 1.82) is 0 Å². The van der Waals surface area contributed by atoms with Gasteiger partial charge in [-0.1, -0.05) is 27.7 Å². The number of nitrogens with one attached hydrogen (secondary N) is 3. The van der Waals surface area contributed by atoms with Crippen molar-refractivity contribution >= 4 is 18.0 Å². The lowest BCUT2D eigenvalue weighted by Crippen LogP contribution is -2.52. The molecule has 1 amide bonds. The Bertz CT molecular complexity index is 2000. The average molecular weight is 809 g/mol. The Morgan fingerprint density at radius 1 is 0.712 bits per heavy atom. The second-order valence-corrected chi connectivity index (χ2v) is 18.9.